The number of nitrogens with zero attached hydrogens (tertiary/aromatic N) is 1. The summed E-state index contributed by atoms with van der Waals surface area (Å²) in [4.78, 5) is 4.27. The van der Waals surface area contributed by atoms with Gasteiger partial charge < -0.3 is 5.32 Å². The molecule has 0 aliphatic carbocycles. The van der Waals surface area contributed by atoms with Gasteiger partial charge in [0, 0.05) is 9.50 Å². The molecule has 88 valence electrons. The van der Waals surface area contributed by atoms with Crippen molar-refractivity contribution in [3.05, 3.63) is 51.3 Å². The summed E-state index contributed by atoms with van der Waals surface area (Å²) >= 11 is 9.16. The number of rotatable bonds is 2. The maximum Gasteiger partial charge on any atom is 0.146 e. The molecule has 0 bridgehead atoms. The van der Waals surface area contributed by atoms with E-state index in [0.29, 0.717) is 16.5 Å². The second-order valence-electron chi connectivity index (χ2n) is 3.51. The minimum Gasteiger partial charge on any atom is -0.338 e. The fourth-order valence-corrected chi connectivity index (χ4v) is 1.74. The molecule has 0 fully saturated rings. The van der Waals surface area contributed by atoms with Crippen molar-refractivity contribution in [2.24, 2.45) is 0 Å². The minimum atomic E-state index is -0.364. The predicted molar refractivity (Wildman–Crippen MR) is 71.4 cm³/mol. The molecule has 0 aliphatic heterocycles. The topological polar surface area (TPSA) is 24.9 Å². The molecule has 0 radical (unpaired) electrons. The summed E-state index contributed by atoms with van der Waals surface area (Å²) in [7, 11) is 0. The van der Waals surface area contributed by atoms with Gasteiger partial charge in [-0.3, -0.25) is 0 Å². The van der Waals surface area contributed by atoms with Gasteiger partial charge in [-0.05, 0) is 53.2 Å². The summed E-state index contributed by atoms with van der Waals surface area (Å²) in [5, 5.41) is 3.36. The molecule has 0 amide bonds. The van der Waals surface area contributed by atoms with Crippen LogP contribution in [0.5, 0.6) is 0 Å². The molecule has 0 saturated heterocycles. The number of aryl methyl sites for hydroxylation is 1. The summed E-state index contributed by atoms with van der Waals surface area (Å²) in [6.45, 7) is 1.86. The minimum absolute atomic E-state index is 0.312. The Morgan fingerprint density at radius 3 is 2.76 bits per heavy atom. The third-order valence-electron chi connectivity index (χ3n) is 2.21. The Hall–Kier alpha value is -1.13. The van der Waals surface area contributed by atoms with Gasteiger partial charge >= 0.3 is 0 Å². The second kappa shape index (κ2) is 5.02. The van der Waals surface area contributed by atoms with Crippen LogP contribution in [-0.4, -0.2) is 4.98 Å². The molecule has 17 heavy (non-hydrogen) atoms. The van der Waals surface area contributed by atoms with E-state index in [2.05, 4.69) is 26.2 Å². The summed E-state index contributed by atoms with van der Waals surface area (Å²) < 4.78 is 14.4. The number of hydrogen-bond acceptors (Lipinski definition) is 2. The highest BCUT2D eigenvalue weighted by Crippen LogP contribution is 2.24. The fourth-order valence-electron chi connectivity index (χ4n) is 1.34. The zero-order chi connectivity index (χ0) is 12.4. The van der Waals surface area contributed by atoms with E-state index in [-0.39, 0.29) is 5.82 Å². The third-order valence-corrected chi connectivity index (χ3v) is 3.29. The van der Waals surface area contributed by atoms with Crippen molar-refractivity contribution in [3.63, 3.8) is 0 Å². The summed E-state index contributed by atoms with van der Waals surface area (Å²) in [5.41, 5.74) is 1.14. The Labute approximate surface area is 112 Å². The van der Waals surface area contributed by atoms with Crippen LogP contribution in [0.15, 0.2) is 34.8 Å². The van der Waals surface area contributed by atoms with Crippen LogP contribution in [0, 0.1) is 12.7 Å². The lowest BCUT2D eigenvalue weighted by Gasteiger charge is -2.08. The van der Waals surface area contributed by atoms with E-state index in [1.54, 1.807) is 6.07 Å². The first-order valence-corrected chi connectivity index (χ1v) is 6.08. The molecular weight excluding hydrogens is 307 g/mol. The maximum atomic E-state index is 13.5. The molecule has 0 spiro atoms. The number of benzene rings is 1. The Morgan fingerprint density at radius 2 is 2.06 bits per heavy atom. The van der Waals surface area contributed by atoms with Crippen molar-refractivity contribution >= 4 is 39.0 Å². The Morgan fingerprint density at radius 1 is 1.29 bits per heavy atom. The first kappa shape index (κ1) is 12.3. The molecule has 0 saturated carbocycles. The molecule has 1 heterocycles. The first-order chi connectivity index (χ1) is 8.06. The van der Waals surface area contributed by atoms with E-state index in [0.717, 1.165) is 10.2 Å². The average molecular weight is 316 g/mol. The normalized spacial score (nSPS) is 10.4. The number of pyridine rings is 1. The summed E-state index contributed by atoms with van der Waals surface area (Å²) in [6, 6.07) is 7.96. The number of hydrogen-bond donors (Lipinski definition) is 1. The van der Waals surface area contributed by atoms with Gasteiger partial charge in [0.2, 0.25) is 0 Å². The summed E-state index contributed by atoms with van der Waals surface area (Å²) in [6.07, 6.45) is 0. The van der Waals surface area contributed by atoms with Crippen molar-refractivity contribution < 1.29 is 4.39 Å². The number of aromatic nitrogens is 1. The van der Waals surface area contributed by atoms with E-state index in [4.69, 9.17) is 11.6 Å². The van der Waals surface area contributed by atoms with Crippen LogP contribution in [0.2, 0.25) is 5.02 Å². The Kier molecular flexibility index (Phi) is 3.64. The quantitative estimate of drug-likeness (QED) is 0.869. The molecule has 0 atom stereocenters. The highest BCUT2D eigenvalue weighted by atomic mass is 79.9. The van der Waals surface area contributed by atoms with Crippen LogP contribution >= 0.6 is 27.5 Å². The highest BCUT2D eigenvalue weighted by Gasteiger charge is 2.05. The van der Waals surface area contributed by atoms with Gasteiger partial charge in [-0.2, -0.15) is 0 Å². The van der Waals surface area contributed by atoms with Crippen LogP contribution in [-0.2, 0) is 0 Å². The van der Waals surface area contributed by atoms with Crippen molar-refractivity contribution in [2.45, 2.75) is 6.92 Å². The van der Waals surface area contributed by atoms with Crippen molar-refractivity contribution in [2.75, 3.05) is 5.32 Å². The van der Waals surface area contributed by atoms with Crippen molar-refractivity contribution in [3.8, 4) is 0 Å². The molecule has 1 aromatic carbocycles. The number of anilines is 2. The van der Waals surface area contributed by atoms with Gasteiger partial charge in [0.15, 0.2) is 0 Å². The monoisotopic (exact) mass is 314 g/mol. The van der Waals surface area contributed by atoms with Gasteiger partial charge in [0.05, 0.1) is 11.4 Å². The Bertz CT molecular complexity index is 560. The van der Waals surface area contributed by atoms with Crippen LogP contribution in [0.4, 0.5) is 15.9 Å². The standard InChI is InChI=1S/C12H9BrClFN2/c1-7-9(13)3-5-12(16-7)17-11-6-8(14)2-4-10(11)15/h2-6H,1H3,(H,16,17). The first-order valence-electron chi connectivity index (χ1n) is 4.91. The van der Waals surface area contributed by atoms with Gasteiger partial charge in [-0.1, -0.05) is 11.6 Å². The molecule has 1 aromatic heterocycles. The molecule has 0 aliphatic rings. The van der Waals surface area contributed by atoms with Gasteiger partial charge in [-0.25, -0.2) is 9.37 Å². The molecule has 2 aromatic rings. The van der Waals surface area contributed by atoms with Crippen LogP contribution < -0.4 is 5.32 Å². The highest BCUT2D eigenvalue weighted by molar-refractivity contribution is 9.10. The van der Waals surface area contributed by atoms with Crippen LogP contribution in [0.1, 0.15) is 5.69 Å². The molecule has 5 heteroatoms. The second-order valence-corrected chi connectivity index (χ2v) is 4.80. The molecule has 1 N–H and O–H groups in total. The lowest BCUT2D eigenvalue weighted by atomic mass is 10.3. The third kappa shape index (κ3) is 2.96. The van der Waals surface area contributed by atoms with Gasteiger partial charge in [0.25, 0.3) is 0 Å². The SMILES string of the molecule is Cc1nc(Nc2cc(Cl)ccc2F)ccc1Br. The number of halogens is 3. The van der Waals surface area contributed by atoms with Gasteiger partial charge in [0.1, 0.15) is 11.6 Å². The molecule has 2 nitrogen and oxygen atoms in total. The fraction of sp³-hybridized carbons (Fsp3) is 0.0833. The average Bonchev–Trinajstić information content (AvgIpc) is 2.29. The zero-order valence-corrected chi connectivity index (χ0v) is 11.3. The molecular formula is C12H9BrClFN2. The Balaban J connectivity index is 2.31. The predicted octanol–water partition coefficient (Wildman–Crippen LogP) is 4.69. The smallest absolute Gasteiger partial charge is 0.146 e. The number of nitrogens with one attached hydrogen (secondary N) is 1. The molecule has 0 unspecified atom stereocenters. The van der Waals surface area contributed by atoms with E-state index >= 15 is 0 Å². The lowest BCUT2D eigenvalue weighted by Crippen LogP contribution is -1.97. The van der Waals surface area contributed by atoms with Gasteiger partial charge in [-0.15, -0.1) is 0 Å². The summed E-state index contributed by atoms with van der Waals surface area (Å²) in [5.74, 6) is 0.212. The van der Waals surface area contributed by atoms with Crippen LogP contribution in [0.3, 0.4) is 0 Å². The van der Waals surface area contributed by atoms with Crippen molar-refractivity contribution in [1.82, 2.24) is 4.98 Å². The largest absolute Gasteiger partial charge is 0.338 e. The maximum absolute atomic E-state index is 13.5. The molecule has 2 rings (SSSR count). The zero-order valence-electron chi connectivity index (χ0n) is 8.97. The van der Waals surface area contributed by atoms with E-state index in [1.165, 1.54) is 18.2 Å². The lowest BCUT2D eigenvalue weighted by molar-refractivity contribution is 0.632. The van der Waals surface area contributed by atoms with Crippen molar-refractivity contribution in [1.29, 1.82) is 0 Å². The van der Waals surface area contributed by atoms with Crippen LogP contribution in [0.25, 0.3) is 0 Å². The van der Waals surface area contributed by atoms with E-state index in [9.17, 15) is 4.39 Å². The van der Waals surface area contributed by atoms with E-state index in [1.807, 2.05) is 13.0 Å². The van der Waals surface area contributed by atoms with E-state index < -0.39 is 0 Å².